The molecule has 0 unspecified atom stereocenters. The van der Waals surface area contributed by atoms with Crippen LogP contribution in [0.5, 0.6) is 5.75 Å². The maximum Gasteiger partial charge on any atom is 0.238 e. The lowest BCUT2D eigenvalue weighted by atomic mass is 10.3. The number of hydrogen-bond donors (Lipinski definition) is 1. The van der Waals surface area contributed by atoms with Gasteiger partial charge in [-0.2, -0.15) is 0 Å². The average molecular weight is 227 g/mol. The molecule has 0 aromatic heterocycles. The third-order valence-electron chi connectivity index (χ3n) is 1.73. The molecule has 0 bridgehead atoms. The molecule has 15 heavy (non-hydrogen) atoms. The molecule has 0 heterocycles. The first-order valence-corrected chi connectivity index (χ1v) is 5.95. The number of ether oxygens (including phenoxy) is 1. The molecule has 0 aliphatic carbocycles. The van der Waals surface area contributed by atoms with Gasteiger partial charge in [0.05, 0.1) is 4.90 Å². The fourth-order valence-electron chi connectivity index (χ4n) is 0.966. The summed E-state index contributed by atoms with van der Waals surface area (Å²) < 4.78 is 27.2. The van der Waals surface area contributed by atoms with Gasteiger partial charge in [0.15, 0.2) is 0 Å². The normalized spacial score (nSPS) is 11.9. The van der Waals surface area contributed by atoms with E-state index >= 15 is 0 Å². The van der Waals surface area contributed by atoms with Crippen molar-refractivity contribution in [2.45, 2.75) is 11.8 Å². The van der Waals surface area contributed by atoms with Crippen LogP contribution < -0.4 is 9.88 Å². The summed E-state index contributed by atoms with van der Waals surface area (Å²) in [6, 6.07) is 5.98. The zero-order chi connectivity index (χ0) is 11.3. The van der Waals surface area contributed by atoms with Gasteiger partial charge in [0, 0.05) is 0 Å². The van der Waals surface area contributed by atoms with E-state index in [1.807, 2.05) is 19.1 Å². The second-order valence-corrected chi connectivity index (χ2v) is 4.46. The van der Waals surface area contributed by atoms with Crippen LogP contribution in [0.25, 0.3) is 0 Å². The van der Waals surface area contributed by atoms with E-state index in [9.17, 15) is 8.42 Å². The van der Waals surface area contributed by atoms with Crippen LogP contribution in [0.2, 0.25) is 0 Å². The maximum absolute atomic E-state index is 10.9. The Morgan fingerprint density at radius 3 is 2.40 bits per heavy atom. The largest absolute Gasteiger partial charge is 0.490 e. The van der Waals surface area contributed by atoms with Gasteiger partial charge < -0.3 is 4.74 Å². The lowest BCUT2D eigenvalue weighted by Gasteiger charge is -2.03. The summed E-state index contributed by atoms with van der Waals surface area (Å²) in [6.07, 6.45) is 3.73. The highest BCUT2D eigenvalue weighted by Crippen LogP contribution is 2.14. The monoisotopic (exact) mass is 227 g/mol. The minimum atomic E-state index is -3.61. The molecule has 82 valence electrons. The predicted molar refractivity (Wildman–Crippen MR) is 58.1 cm³/mol. The first-order valence-electron chi connectivity index (χ1n) is 4.41. The summed E-state index contributed by atoms with van der Waals surface area (Å²) >= 11 is 0. The SMILES string of the molecule is C/C=C/COc1ccc(S(N)(=O)=O)cc1. The molecular formula is C10H13NO3S. The second kappa shape index (κ2) is 4.95. The van der Waals surface area contributed by atoms with Crippen molar-refractivity contribution >= 4 is 10.0 Å². The van der Waals surface area contributed by atoms with E-state index in [1.54, 1.807) is 12.1 Å². The number of allylic oxidation sites excluding steroid dienone is 1. The van der Waals surface area contributed by atoms with Crippen LogP contribution in [0.1, 0.15) is 6.92 Å². The van der Waals surface area contributed by atoms with Crippen LogP contribution in [0.3, 0.4) is 0 Å². The third-order valence-corrected chi connectivity index (χ3v) is 2.66. The highest BCUT2D eigenvalue weighted by Gasteiger charge is 2.06. The molecule has 0 aliphatic rings. The highest BCUT2D eigenvalue weighted by atomic mass is 32.2. The van der Waals surface area contributed by atoms with E-state index in [4.69, 9.17) is 9.88 Å². The molecule has 0 fully saturated rings. The fraction of sp³-hybridized carbons (Fsp3) is 0.200. The van der Waals surface area contributed by atoms with Crippen LogP contribution in [-0.4, -0.2) is 15.0 Å². The number of primary sulfonamides is 1. The Bertz CT molecular complexity index is 434. The van der Waals surface area contributed by atoms with E-state index in [-0.39, 0.29) is 4.90 Å². The molecule has 1 rings (SSSR count). The van der Waals surface area contributed by atoms with Gasteiger partial charge in [-0.15, -0.1) is 0 Å². The van der Waals surface area contributed by atoms with Crippen LogP contribution >= 0.6 is 0 Å². The fourth-order valence-corrected chi connectivity index (χ4v) is 1.48. The van der Waals surface area contributed by atoms with Gasteiger partial charge in [-0.25, -0.2) is 13.6 Å². The van der Waals surface area contributed by atoms with Crippen LogP contribution in [0.4, 0.5) is 0 Å². The summed E-state index contributed by atoms with van der Waals surface area (Å²) in [5.41, 5.74) is 0. The number of sulfonamides is 1. The van der Waals surface area contributed by atoms with Gasteiger partial charge in [0.25, 0.3) is 0 Å². The molecular weight excluding hydrogens is 214 g/mol. The molecule has 0 radical (unpaired) electrons. The molecule has 5 heteroatoms. The van der Waals surface area contributed by atoms with Crippen molar-refractivity contribution in [2.24, 2.45) is 5.14 Å². The quantitative estimate of drug-likeness (QED) is 0.788. The second-order valence-electron chi connectivity index (χ2n) is 2.90. The standard InChI is InChI=1S/C10H13NO3S/c1-2-3-8-14-9-4-6-10(7-5-9)15(11,12)13/h2-7H,8H2,1H3,(H2,11,12,13)/b3-2+. The highest BCUT2D eigenvalue weighted by molar-refractivity contribution is 7.89. The number of rotatable bonds is 4. The van der Waals surface area contributed by atoms with Gasteiger partial charge >= 0.3 is 0 Å². The van der Waals surface area contributed by atoms with Gasteiger partial charge in [0.2, 0.25) is 10.0 Å². The maximum atomic E-state index is 10.9. The summed E-state index contributed by atoms with van der Waals surface area (Å²) in [5.74, 6) is 0.612. The zero-order valence-electron chi connectivity index (χ0n) is 8.38. The van der Waals surface area contributed by atoms with Crippen molar-refractivity contribution in [1.82, 2.24) is 0 Å². The Labute approximate surface area is 89.4 Å². The van der Waals surface area contributed by atoms with Crippen LogP contribution in [-0.2, 0) is 10.0 Å². The summed E-state index contributed by atoms with van der Waals surface area (Å²) in [7, 11) is -3.61. The average Bonchev–Trinajstić information content (AvgIpc) is 2.18. The number of hydrogen-bond acceptors (Lipinski definition) is 3. The van der Waals surface area contributed by atoms with Crippen LogP contribution in [0.15, 0.2) is 41.3 Å². The Kier molecular flexibility index (Phi) is 3.88. The van der Waals surface area contributed by atoms with Crippen molar-refractivity contribution < 1.29 is 13.2 Å². The molecule has 0 saturated heterocycles. The lowest BCUT2D eigenvalue weighted by Crippen LogP contribution is -2.11. The molecule has 4 nitrogen and oxygen atoms in total. The lowest BCUT2D eigenvalue weighted by molar-refractivity contribution is 0.362. The zero-order valence-corrected chi connectivity index (χ0v) is 9.20. The summed E-state index contributed by atoms with van der Waals surface area (Å²) in [5, 5.41) is 4.95. The van der Waals surface area contributed by atoms with E-state index in [0.29, 0.717) is 12.4 Å². The molecule has 2 N–H and O–H groups in total. The smallest absolute Gasteiger partial charge is 0.238 e. The molecule has 0 aliphatic heterocycles. The Hall–Kier alpha value is -1.33. The predicted octanol–water partition coefficient (Wildman–Crippen LogP) is 1.29. The van der Waals surface area contributed by atoms with Crippen molar-refractivity contribution in [3.05, 3.63) is 36.4 Å². The number of nitrogens with two attached hydrogens (primary N) is 1. The molecule has 0 amide bonds. The van der Waals surface area contributed by atoms with Crippen molar-refractivity contribution in [2.75, 3.05) is 6.61 Å². The summed E-state index contributed by atoms with van der Waals surface area (Å²) in [6.45, 7) is 2.36. The Balaban J connectivity index is 2.73. The molecule has 0 spiro atoms. The molecule has 0 saturated carbocycles. The van der Waals surface area contributed by atoms with Gasteiger partial charge in [-0.05, 0) is 31.2 Å². The van der Waals surface area contributed by atoms with Crippen molar-refractivity contribution in [3.63, 3.8) is 0 Å². The van der Waals surface area contributed by atoms with Gasteiger partial charge in [-0.3, -0.25) is 0 Å². The Morgan fingerprint density at radius 2 is 1.93 bits per heavy atom. The van der Waals surface area contributed by atoms with E-state index in [2.05, 4.69) is 0 Å². The minimum Gasteiger partial charge on any atom is -0.490 e. The van der Waals surface area contributed by atoms with Gasteiger partial charge in [-0.1, -0.05) is 12.2 Å². The topological polar surface area (TPSA) is 69.4 Å². The molecule has 1 aromatic rings. The Morgan fingerprint density at radius 1 is 1.33 bits per heavy atom. The van der Waals surface area contributed by atoms with E-state index < -0.39 is 10.0 Å². The van der Waals surface area contributed by atoms with E-state index in [1.165, 1.54) is 12.1 Å². The van der Waals surface area contributed by atoms with Crippen molar-refractivity contribution in [1.29, 1.82) is 0 Å². The number of benzene rings is 1. The summed E-state index contributed by atoms with van der Waals surface area (Å²) in [4.78, 5) is 0.0842. The first-order chi connectivity index (χ1) is 7.04. The first kappa shape index (κ1) is 11.7. The van der Waals surface area contributed by atoms with Crippen molar-refractivity contribution in [3.8, 4) is 5.75 Å². The molecule has 1 aromatic carbocycles. The third kappa shape index (κ3) is 3.73. The van der Waals surface area contributed by atoms with Gasteiger partial charge in [0.1, 0.15) is 12.4 Å². The van der Waals surface area contributed by atoms with E-state index in [0.717, 1.165) is 0 Å². The van der Waals surface area contributed by atoms with Crippen LogP contribution in [0, 0.1) is 0 Å². The minimum absolute atomic E-state index is 0.0842. The molecule has 0 atom stereocenters.